The lowest BCUT2D eigenvalue weighted by atomic mass is 10.2. The van der Waals surface area contributed by atoms with E-state index in [1.165, 1.54) is 5.56 Å². The van der Waals surface area contributed by atoms with Crippen molar-refractivity contribution in [1.82, 2.24) is 15.0 Å². The lowest BCUT2D eigenvalue weighted by Gasteiger charge is -2.24. The van der Waals surface area contributed by atoms with E-state index >= 15 is 0 Å². The molecule has 0 spiro atoms. The van der Waals surface area contributed by atoms with Crippen molar-refractivity contribution in [1.29, 1.82) is 0 Å². The number of nitrogens with one attached hydrogen (secondary N) is 1. The fourth-order valence-electron chi connectivity index (χ4n) is 2.49. The third kappa shape index (κ3) is 4.52. The van der Waals surface area contributed by atoms with Gasteiger partial charge in [-0.2, -0.15) is 0 Å². The fourth-order valence-corrected chi connectivity index (χ4v) is 2.49. The number of nitrogens with zero attached hydrogens (tertiary/aromatic N) is 4. The number of rotatable bonds is 7. The molecule has 2 heterocycles. The number of aryl methyl sites for hydroxylation is 1. The van der Waals surface area contributed by atoms with Crippen LogP contribution in [0.2, 0.25) is 0 Å². The van der Waals surface area contributed by atoms with Gasteiger partial charge in [-0.3, -0.25) is 0 Å². The van der Waals surface area contributed by atoms with Gasteiger partial charge in [-0.25, -0.2) is 15.0 Å². The minimum atomic E-state index is 0.769. The van der Waals surface area contributed by atoms with Gasteiger partial charge in [0.2, 0.25) is 0 Å². The van der Waals surface area contributed by atoms with Crippen molar-refractivity contribution in [2.24, 2.45) is 0 Å². The molecule has 1 aromatic carbocycles. The smallest absolute Gasteiger partial charge is 0.129 e. The minimum Gasteiger partial charge on any atom is -0.368 e. The molecular weight excluding hydrogens is 298 g/mol. The molecule has 2 aromatic heterocycles. The van der Waals surface area contributed by atoms with Crippen molar-refractivity contribution < 1.29 is 0 Å². The van der Waals surface area contributed by atoms with Crippen molar-refractivity contribution in [2.75, 3.05) is 23.3 Å². The zero-order valence-electron chi connectivity index (χ0n) is 13.8. The molecule has 0 fully saturated rings. The molecule has 5 heteroatoms. The van der Waals surface area contributed by atoms with Crippen molar-refractivity contribution in [3.8, 4) is 0 Å². The Morgan fingerprint density at radius 2 is 1.75 bits per heavy atom. The van der Waals surface area contributed by atoms with Crippen LogP contribution in [0.15, 0.2) is 67.0 Å². The van der Waals surface area contributed by atoms with Crippen molar-refractivity contribution in [3.63, 3.8) is 0 Å². The first kappa shape index (κ1) is 15.9. The summed E-state index contributed by atoms with van der Waals surface area (Å²) in [7, 11) is 0. The molecule has 0 aliphatic carbocycles. The second-order valence-corrected chi connectivity index (χ2v) is 5.51. The Morgan fingerprint density at radius 3 is 2.50 bits per heavy atom. The molecule has 3 rings (SSSR count). The van der Waals surface area contributed by atoms with Gasteiger partial charge in [-0.05, 0) is 30.7 Å². The molecule has 24 heavy (non-hydrogen) atoms. The van der Waals surface area contributed by atoms with Crippen LogP contribution in [0, 0.1) is 6.92 Å². The number of benzene rings is 1. The van der Waals surface area contributed by atoms with E-state index in [-0.39, 0.29) is 0 Å². The first-order valence-electron chi connectivity index (χ1n) is 8.05. The number of pyridine rings is 1. The van der Waals surface area contributed by atoms with E-state index < -0.39 is 0 Å². The van der Waals surface area contributed by atoms with Crippen LogP contribution < -0.4 is 10.2 Å². The number of hydrogen-bond donors (Lipinski definition) is 1. The van der Waals surface area contributed by atoms with Crippen LogP contribution in [0.5, 0.6) is 0 Å². The molecule has 0 aliphatic heterocycles. The highest BCUT2D eigenvalue weighted by Crippen LogP contribution is 2.13. The molecule has 0 bridgehead atoms. The molecule has 0 atom stereocenters. The van der Waals surface area contributed by atoms with Crippen LogP contribution in [-0.4, -0.2) is 28.0 Å². The third-order valence-corrected chi connectivity index (χ3v) is 3.65. The summed E-state index contributed by atoms with van der Waals surface area (Å²) in [6, 6.07) is 18.3. The van der Waals surface area contributed by atoms with Gasteiger partial charge in [-0.15, -0.1) is 0 Å². The average molecular weight is 319 g/mol. The Bertz CT molecular complexity index is 746. The largest absolute Gasteiger partial charge is 0.368 e. The van der Waals surface area contributed by atoms with E-state index in [0.29, 0.717) is 0 Å². The van der Waals surface area contributed by atoms with Gasteiger partial charge in [-0.1, -0.05) is 36.4 Å². The molecule has 122 valence electrons. The summed E-state index contributed by atoms with van der Waals surface area (Å²) in [6.45, 7) is 4.32. The van der Waals surface area contributed by atoms with Crippen LogP contribution in [0.1, 0.15) is 11.4 Å². The van der Waals surface area contributed by atoms with Crippen molar-refractivity contribution in [3.05, 3.63) is 78.4 Å². The molecule has 1 N–H and O–H groups in total. The van der Waals surface area contributed by atoms with E-state index in [2.05, 4.69) is 49.4 Å². The highest BCUT2D eigenvalue weighted by molar-refractivity contribution is 5.40. The van der Waals surface area contributed by atoms with E-state index in [1.807, 2.05) is 43.5 Å². The number of aromatic nitrogens is 3. The summed E-state index contributed by atoms with van der Waals surface area (Å²) >= 11 is 0. The van der Waals surface area contributed by atoms with Gasteiger partial charge < -0.3 is 10.2 Å². The minimum absolute atomic E-state index is 0.769. The van der Waals surface area contributed by atoms with Crippen molar-refractivity contribution >= 4 is 11.6 Å². The Kier molecular flexibility index (Phi) is 5.35. The lowest BCUT2D eigenvalue weighted by Crippen LogP contribution is -2.29. The van der Waals surface area contributed by atoms with Gasteiger partial charge in [0.1, 0.15) is 17.5 Å². The van der Waals surface area contributed by atoms with E-state index in [0.717, 1.165) is 37.1 Å². The second-order valence-electron chi connectivity index (χ2n) is 5.51. The molecule has 3 aromatic rings. The normalized spacial score (nSPS) is 10.4. The highest BCUT2D eigenvalue weighted by Gasteiger charge is 2.08. The fraction of sp³-hybridized carbons (Fsp3) is 0.211. The topological polar surface area (TPSA) is 53.9 Å². The highest BCUT2D eigenvalue weighted by atomic mass is 15.2. The second kappa shape index (κ2) is 8.06. The van der Waals surface area contributed by atoms with E-state index in [9.17, 15) is 0 Å². The summed E-state index contributed by atoms with van der Waals surface area (Å²) < 4.78 is 0. The Morgan fingerprint density at radius 1 is 0.917 bits per heavy atom. The van der Waals surface area contributed by atoms with Gasteiger partial charge in [0, 0.05) is 32.0 Å². The van der Waals surface area contributed by atoms with Gasteiger partial charge in [0.25, 0.3) is 0 Å². The van der Waals surface area contributed by atoms with Crippen LogP contribution in [-0.2, 0) is 6.54 Å². The summed E-state index contributed by atoms with van der Waals surface area (Å²) in [4.78, 5) is 15.2. The molecule has 0 unspecified atom stereocenters. The van der Waals surface area contributed by atoms with E-state index in [4.69, 9.17) is 0 Å². The maximum absolute atomic E-state index is 4.49. The third-order valence-electron chi connectivity index (χ3n) is 3.65. The number of hydrogen-bond acceptors (Lipinski definition) is 5. The maximum atomic E-state index is 4.49. The molecule has 0 amide bonds. The summed E-state index contributed by atoms with van der Waals surface area (Å²) in [5, 5.41) is 3.35. The molecule has 0 aliphatic rings. The first-order valence-corrected chi connectivity index (χ1v) is 8.05. The summed E-state index contributed by atoms with van der Waals surface area (Å²) in [5.74, 6) is 2.59. The zero-order valence-corrected chi connectivity index (χ0v) is 13.8. The molecular formula is C19H21N5. The standard InChI is InChI=1S/C19H21N5/c1-16-20-12-10-18(23-16)21-13-14-24(19-9-5-6-11-22-19)15-17-7-3-2-4-8-17/h2-12H,13-15H2,1H3,(H,20,21,23). The molecule has 0 saturated carbocycles. The van der Waals surface area contributed by atoms with Gasteiger partial charge >= 0.3 is 0 Å². The van der Waals surface area contributed by atoms with Crippen LogP contribution in [0.4, 0.5) is 11.6 Å². The average Bonchev–Trinajstić information content (AvgIpc) is 2.63. The van der Waals surface area contributed by atoms with Crippen molar-refractivity contribution in [2.45, 2.75) is 13.5 Å². The SMILES string of the molecule is Cc1nccc(NCCN(Cc2ccccc2)c2ccccn2)n1. The van der Waals surface area contributed by atoms with Gasteiger partial charge in [0.05, 0.1) is 0 Å². The summed E-state index contributed by atoms with van der Waals surface area (Å²) in [5.41, 5.74) is 1.26. The predicted molar refractivity (Wildman–Crippen MR) is 97.0 cm³/mol. The maximum Gasteiger partial charge on any atom is 0.129 e. The predicted octanol–water partition coefficient (Wildman–Crippen LogP) is 3.30. The van der Waals surface area contributed by atoms with E-state index in [1.54, 1.807) is 6.20 Å². The number of anilines is 2. The van der Waals surface area contributed by atoms with Crippen LogP contribution >= 0.6 is 0 Å². The van der Waals surface area contributed by atoms with Gasteiger partial charge in [0.15, 0.2) is 0 Å². The molecule has 0 saturated heterocycles. The monoisotopic (exact) mass is 319 g/mol. The Balaban J connectivity index is 1.66. The van der Waals surface area contributed by atoms with Crippen LogP contribution in [0.3, 0.4) is 0 Å². The molecule has 5 nitrogen and oxygen atoms in total. The lowest BCUT2D eigenvalue weighted by molar-refractivity contribution is 0.788. The first-order chi connectivity index (χ1) is 11.8. The zero-order chi connectivity index (χ0) is 16.6. The molecule has 0 radical (unpaired) electrons. The quantitative estimate of drug-likeness (QED) is 0.724. The summed E-state index contributed by atoms with van der Waals surface area (Å²) in [6.07, 6.45) is 3.60. The Hall–Kier alpha value is -2.95. The van der Waals surface area contributed by atoms with Crippen LogP contribution in [0.25, 0.3) is 0 Å². The Labute approximate surface area is 142 Å².